The Morgan fingerprint density at radius 1 is 1.38 bits per heavy atom. The maximum absolute atomic E-state index is 11.4. The molecule has 92 valence electrons. The van der Waals surface area contributed by atoms with Crippen molar-refractivity contribution in [3.8, 4) is 0 Å². The molecule has 2 rings (SSSR count). The third-order valence-electron chi connectivity index (χ3n) is 3.32. The molecule has 0 aliphatic carbocycles. The van der Waals surface area contributed by atoms with Crippen LogP contribution in [-0.4, -0.2) is 70.9 Å². The molecule has 2 atom stereocenters. The average molecular weight is 228 g/mol. The molecular formula is C11H20N2O3. The van der Waals surface area contributed by atoms with Gasteiger partial charge in [-0.3, -0.25) is 9.69 Å². The van der Waals surface area contributed by atoms with E-state index in [4.69, 9.17) is 0 Å². The molecule has 2 unspecified atom stereocenters. The van der Waals surface area contributed by atoms with Crippen molar-refractivity contribution >= 4 is 5.91 Å². The second kappa shape index (κ2) is 5.12. The number of carbonyl (C=O) groups excluding carboxylic acids is 1. The van der Waals surface area contributed by atoms with Crippen molar-refractivity contribution < 1.29 is 15.0 Å². The van der Waals surface area contributed by atoms with Crippen molar-refractivity contribution in [3.05, 3.63) is 0 Å². The van der Waals surface area contributed by atoms with Crippen LogP contribution >= 0.6 is 0 Å². The third-order valence-corrected chi connectivity index (χ3v) is 3.32. The van der Waals surface area contributed by atoms with Gasteiger partial charge < -0.3 is 15.1 Å². The van der Waals surface area contributed by atoms with Crippen LogP contribution < -0.4 is 0 Å². The van der Waals surface area contributed by atoms with Gasteiger partial charge in [-0.25, -0.2) is 0 Å². The molecular weight excluding hydrogens is 208 g/mol. The fraction of sp³-hybridized carbons (Fsp3) is 0.909. The van der Waals surface area contributed by atoms with Gasteiger partial charge in [-0.15, -0.1) is 0 Å². The maximum atomic E-state index is 11.4. The van der Waals surface area contributed by atoms with Crippen LogP contribution in [0.15, 0.2) is 0 Å². The summed E-state index contributed by atoms with van der Waals surface area (Å²) in [4.78, 5) is 15.1. The highest BCUT2D eigenvalue weighted by molar-refractivity contribution is 5.78. The highest BCUT2D eigenvalue weighted by Crippen LogP contribution is 2.12. The molecule has 0 bridgehead atoms. The monoisotopic (exact) mass is 228 g/mol. The molecule has 2 saturated heterocycles. The number of nitrogens with zero attached hydrogens (tertiary/aromatic N) is 2. The number of rotatable bonds is 4. The first kappa shape index (κ1) is 11.8. The minimum absolute atomic E-state index is 0.153. The van der Waals surface area contributed by atoms with Gasteiger partial charge in [0.05, 0.1) is 12.2 Å². The normalized spacial score (nSPS) is 29.0. The Labute approximate surface area is 95.6 Å². The van der Waals surface area contributed by atoms with E-state index >= 15 is 0 Å². The third kappa shape index (κ3) is 2.93. The van der Waals surface area contributed by atoms with Crippen LogP contribution in [-0.2, 0) is 4.79 Å². The molecule has 2 aliphatic heterocycles. The Balaban J connectivity index is 1.71. The minimum Gasteiger partial charge on any atom is -0.392 e. The first-order valence-electron chi connectivity index (χ1n) is 6.01. The summed E-state index contributed by atoms with van der Waals surface area (Å²) in [5, 5.41) is 19.2. The minimum atomic E-state index is -0.493. The fourth-order valence-corrected chi connectivity index (χ4v) is 2.49. The number of hydrogen-bond donors (Lipinski definition) is 2. The topological polar surface area (TPSA) is 64.0 Å². The molecule has 0 spiro atoms. The molecule has 2 aliphatic rings. The Kier molecular flexibility index (Phi) is 3.78. The number of β-amino-alcohol motifs (C(OH)–C–C–N with tert-alkyl or cyclic N) is 2. The quantitative estimate of drug-likeness (QED) is 0.650. The summed E-state index contributed by atoms with van der Waals surface area (Å²) < 4.78 is 0. The SMILES string of the molecule is O=C1CCCN1CC(O)CN1CCC(O)C1. The summed E-state index contributed by atoms with van der Waals surface area (Å²) in [5.41, 5.74) is 0. The summed E-state index contributed by atoms with van der Waals surface area (Å²) in [6.07, 6.45) is 1.58. The summed E-state index contributed by atoms with van der Waals surface area (Å²) in [6, 6.07) is 0. The first-order valence-corrected chi connectivity index (χ1v) is 6.01. The second-order valence-corrected chi connectivity index (χ2v) is 4.80. The van der Waals surface area contributed by atoms with E-state index < -0.39 is 6.10 Å². The van der Waals surface area contributed by atoms with E-state index in [0.29, 0.717) is 26.1 Å². The van der Waals surface area contributed by atoms with Crippen molar-refractivity contribution in [3.63, 3.8) is 0 Å². The number of aliphatic hydroxyl groups excluding tert-OH is 2. The molecule has 2 N–H and O–H groups in total. The Morgan fingerprint density at radius 2 is 2.19 bits per heavy atom. The van der Waals surface area contributed by atoms with Crippen LogP contribution in [0.4, 0.5) is 0 Å². The summed E-state index contributed by atoms with van der Waals surface area (Å²) >= 11 is 0. The summed E-state index contributed by atoms with van der Waals surface area (Å²) in [7, 11) is 0. The van der Waals surface area contributed by atoms with Crippen molar-refractivity contribution in [1.82, 2.24) is 9.80 Å². The zero-order chi connectivity index (χ0) is 11.5. The molecule has 16 heavy (non-hydrogen) atoms. The Hall–Kier alpha value is -0.650. The smallest absolute Gasteiger partial charge is 0.222 e. The molecule has 0 aromatic heterocycles. The van der Waals surface area contributed by atoms with E-state index in [9.17, 15) is 15.0 Å². The predicted molar refractivity (Wildman–Crippen MR) is 58.9 cm³/mol. The van der Waals surface area contributed by atoms with Crippen molar-refractivity contribution in [2.75, 3.05) is 32.7 Å². The highest BCUT2D eigenvalue weighted by Gasteiger charge is 2.26. The van der Waals surface area contributed by atoms with Gasteiger partial charge in [-0.2, -0.15) is 0 Å². The maximum Gasteiger partial charge on any atom is 0.222 e. The van der Waals surface area contributed by atoms with E-state index in [1.54, 1.807) is 4.90 Å². The molecule has 2 fully saturated rings. The standard InChI is InChI=1S/C11H20N2O3/c14-9-3-5-12(6-9)7-10(15)8-13-4-1-2-11(13)16/h9-10,14-15H,1-8H2. The van der Waals surface area contributed by atoms with Crippen LogP contribution in [0, 0.1) is 0 Å². The average Bonchev–Trinajstić information content (AvgIpc) is 2.77. The number of carbonyl (C=O) groups is 1. The van der Waals surface area contributed by atoms with Crippen LogP contribution in [0.1, 0.15) is 19.3 Å². The Bertz CT molecular complexity index is 260. The largest absolute Gasteiger partial charge is 0.392 e. The summed E-state index contributed by atoms with van der Waals surface area (Å²) in [6.45, 7) is 3.25. The molecule has 5 heteroatoms. The zero-order valence-corrected chi connectivity index (χ0v) is 9.51. The van der Waals surface area contributed by atoms with Crippen LogP contribution in [0.2, 0.25) is 0 Å². The Morgan fingerprint density at radius 3 is 2.75 bits per heavy atom. The second-order valence-electron chi connectivity index (χ2n) is 4.80. The van der Waals surface area contributed by atoms with Gasteiger partial charge in [0.1, 0.15) is 0 Å². The van der Waals surface area contributed by atoms with Crippen LogP contribution in [0.5, 0.6) is 0 Å². The van der Waals surface area contributed by atoms with Gasteiger partial charge in [-0.05, 0) is 12.8 Å². The van der Waals surface area contributed by atoms with Crippen molar-refractivity contribution in [1.29, 1.82) is 0 Å². The molecule has 0 saturated carbocycles. The lowest BCUT2D eigenvalue weighted by atomic mass is 10.3. The molecule has 0 aromatic carbocycles. The van der Waals surface area contributed by atoms with Crippen LogP contribution in [0.3, 0.4) is 0 Å². The van der Waals surface area contributed by atoms with Gasteiger partial charge in [-0.1, -0.05) is 0 Å². The van der Waals surface area contributed by atoms with E-state index in [2.05, 4.69) is 4.90 Å². The lowest BCUT2D eigenvalue weighted by Crippen LogP contribution is -2.40. The first-order chi connectivity index (χ1) is 7.65. The van der Waals surface area contributed by atoms with Gasteiger partial charge in [0.15, 0.2) is 0 Å². The van der Waals surface area contributed by atoms with Gasteiger partial charge >= 0.3 is 0 Å². The van der Waals surface area contributed by atoms with E-state index in [-0.39, 0.29) is 12.0 Å². The van der Waals surface area contributed by atoms with E-state index in [1.165, 1.54) is 0 Å². The van der Waals surface area contributed by atoms with E-state index in [0.717, 1.165) is 25.9 Å². The zero-order valence-electron chi connectivity index (χ0n) is 9.51. The van der Waals surface area contributed by atoms with Crippen molar-refractivity contribution in [2.45, 2.75) is 31.5 Å². The number of aliphatic hydroxyl groups is 2. The summed E-state index contributed by atoms with van der Waals surface area (Å²) in [5.74, 6) is 0.153. The van der Waals surface area contributed by atoms with Gasteiger partial charge in [0.2, 0.25) is 5.91 Å². The van der Waals surface area contributed by atoms with Crippen LogP contribution in [0.25, 0.3) is 0 Å². The number of likely N-dealkylation sites (tertiary alicyclic amines) is 2. The highest BCUT2D eigenvalue weighted by atomic mass is 16.3. The lowest BCUT2D eigenvalue weighted by molar-refractivity contribution is -0.129. The predicted octanol–water partition coefficient (Wildman–Crippen LogP) is -0.964. The molecule has 5 nitrogen and oxygen atoms in total. The van der Waals surface area contributed by atoms with E-state index in [1.807, 2.05) is 0 Å². The molecule has 0 aromatic rings. The number of hydrogen-bond acceptors (Lipinski definition) is 4. The molecule has 2 heterocycles. The number of amides is 1. The molecule has 0 radical (unpaired) electrons. The van der Waals surface area contributed by atoms with Gasteiger partial charge in [0.25, 0.3) is 0 Å². The fourth-order valence-electron chi connectivity index (χ4n) is 2.49. The van der Waals surface area contributed by atoms with Gasteiger partial charge in [0, 0.05) is 39.1 Å². The molecule has 1 amide bonds. The lowest BCUT2D eigenvalue weighted by Gasteiger charge is -2.23. The van der Waals surface area contributed by atoms with Crippen molar-refractivity contribution in [2.24, 2.45) is 0 Å².